The summed E-state index contributed by atoms with van der Waals surface area (Å²) in [5.74, 6) is 1.31. The normalized spacial score (nSPS) is 17.0. The number of ether oxygens (including phenoxy) is 1. The van der Waals surface area contributed by atoms with Gasteiger partial charge in [0.2, 0.25) is 5.95 Å². The van der Waals surface area contributed by atoms with Gasteiger partial charge in [-0.25, -0.2) is 4.98 Å². The molecule has 0 spiro atoms. The Balaban J connectivity index is 1.52. The minimum absolute atomic E-state index is 0.168. The number of rotatable bonds is 4. The summed E-state index contributed by atoms with van der Waals surface area (Å²) in [5, 5.41) is 3.31. The van der Waals surface area contributed by atoms with Gasteiger partial charge in [0.25, 0.3) is 0 Å². The van der Waals surface area contributed by atoms with Gasteiger partial charge >= 0.3 is 6.36 Å². The maximum Gasteiger partial charge on any atom is 0.573 e. The summed E-state index contributed by atoms with van der Waals surface area (Å²) in [4.78, 5) is 11.2. The summed E-state index contributed by atoms with van der Waals surface area (Å²) < 4.78 is 41.1. The lowest BCUT2D eigenvalue weighted by Gasteiger charge is -2.30. The molecular weight excluding hydrogens is 345 g/mol. The molecule has 1 aliphatic heterocycles. The van der Waals surface area contributed by atoms with E-state index in [1.165, 1.54) is 12.1 Å². The van der Waals surface area contributed by atoms with Crippen LogP contribution in [0.3, 0.4) is 0 Å². The van der Waals surface area contributed by atoms with Crippen LogP contribution in [-0.2, 0) is 13.0 Å². The van der Waals surface area contributed by atoms with Crippen LogP contribution in [0.5, 0.6) is 5.75 Å². The second-order valence-electron chi connectivity index (χ2n) is 6.76. The van der Waals surface area contributed by atoms with Gasteiger partial charge in [0.1, 0.15) is 11.6 Å². The molecule has 1 aromatic heterocycles. The van der Waals surface area contributed by atoms with Gasteiger partial charge in [-0.15, -0.1) is 13.2 Å². The average Bonchev–Trinajstić information content (AvgIpc) is 3.36. The highest BCUT2D eigenvalue weighted by Gasteiger charge is 2.31. The van der Waals surface area contributed by atoms with E-state index in [0.29, 0.717) is 31.5 Å². The van der Waals surface area contributed by atoms with Crippen molar-refractivity contribution < 1.29 is 17.9 Å². The van der Waals surface area contributed by atoms with Crippen LogP contribution in [0.1, 0.15) is 29.7 Å². The standard InChI is InChI=1S/C18H19F3N4O/c1-11-8-16(24-17(22-11)23-14-3-4-14)25-7-6-12-9-15(26-18(19,20)21)5-2-13(12)10-25/h2,5,8-9,14H,3-4,6-7,10H2,1H3,(H,22,23,24). The first-order chi connectivity index (χ1) is 12.4. The number of hydrogen-bond donors (Lipinski definition) is 1. The van der Waals surface area contributed by atoms with Gasteiger partial charge in [0, 0.05) is 30.9 Å². The quantitative estimate of drug-likeness (QED) is 0.894. The van der Waals surface area contributed by atoms with E-state index in [1.54, 1.807) is 6.07 Å². The first-order valence-electron chi connectivity index (χ1n) is 8.60. The van der Waals surface area contributed by atoms with Crippen LogP contribution in [0.15, 0.2) is 24.3 Å². The predicted octanol–water partition coefficient (Wildman–Crippen LogP) is 3.82. The van der Waals surface area contributed by atoms with Crippen LogP contribution >= 0.6 is 0 Å². The molecule has 1 saturated carbocycles. The number of aromatic nitrogens is 2. The third-order valence-corrected chi connectivity index (χ3v) is 4.50. The third kappa shape index (κ3) is 4.00. The van der Waals surface area contributed by atoms with E-state index in [0.717, 1.165) is 35.5 Å². The number of nitrogens with zero attached hydrogens (tertiary/aromatic N) is 3. The Hall–Kier alpha value is -2.51. The van der Waals surface area contributed by atoms with E-state index in [2.05, 4.69) is 24.9 Å². The second kappa shape index (κ2) is 6.34. The lowest BCUT2D eigenvalue weighted by molar-refractivity contribution is -0.274. The Morgan fingerprint density at radius 3 is 2.69 bits per heavy atom. The molecule has 2 aromatic rings. The van der Waals surface area contributed by atoms with Crippen LogP contribution in [0.4, 0.5) is 24.9 Å². The molecular formula is C18H19F3N4O. The third-order valence-electron chi connectivity index (χ3n) is 4.50. The van der Waals surface area contributed by atoms with Crippen molar-refractivity contribution in [2.24, 2.45) is 0 Å². The monoisotopic (exact) mass is 364 g/mol. The molecule has 1 fully saturated rings. The number of nitrogens with one attached hydrogen (secondary N) is 1. The summed E-state index contributed by atoms with van der Waals surface area (Å²) in [7, 11) is 0. The number of anilines is 2. The predicted molar refractivity (Wildman–Crippen MR) is 91.3 cm³/mol. The zero-order chi connectivity index (χ0) is 18.3. The number of benzene rings is 1. The second-order valence-corrected chi connectivity index (χ2v) is 6.76. The number of aryl methyl sites for hydroxylation is 1. The van der Waals surface area contributed by atoms with E-state index in [9.17, 15) is 13.2 Å². The highest BCUT2D eigenvalue weighted by Crippen LogP contribution is 2.30. The Morgan fingerprint density at radius 1 is 1.15 bits per heavy atom. The van der Waals surface area contributed by atoms with Gasteiger partial charge in [-0.3, -0.25) is 0 Å². The fourth-order valence-corrected chi connectivity index (χ4v) is 3.11. The molecule has 0 radical (unpaired) electrons. The summed E-state index contributed by atoms with van der Waals surface area (Å²) >= 11 is 0. The molecule has 2 aliphatic rings. The Morgan fingerprint density at radius 2 is 1.96 bits per heavy atom. The van der Waals surface area contributed by atoms with Crippen molar-refractivity contribution in [3.05, 3.63) is 41.1 Å². The van der Waals surface area contributed by atoms with Gasteiger partial charge in [0.15, 0.2) is 0 Å². The first kappa shape index (κ1) is 16.9. The molecule has 1 aliphatic carbocycles. The zero-order valence-electron chi connectivity index (χ0n) is 14.3. The topological polar surface area (TPSA) is 50.3 Å². The van der Waals surface area contributed by atoms with Crippen molar-refractivity contribution in [1.82, 2.24) is 9.97 Å². The van der Waals surface area contributed by atoms with E-state index >= 15 is 0 Å². The van der Waals surface area contributed by atoms with Crippen molar-refractivity contribution in [2.75, 3.05) is 16.8 Å². The number of alkyl halides is 3. The van der Waals surface area contributed by atoms with Crippen LogP contribution in [0, 0.1) is 6.92 Å². The molecule has 0 amide bonds. The molecule has 8 heteroatoms. The highest BCUT2D eigenvalue weighted by molar-refractivity contribution is 5.49. The molecule has 1 N–H and O–H groups in total. The molecule has 0 unspecified atom stereocenters. The van der Waals surface area contributed by atoms with Crippen molar-refractivity contribution in [1.29, 1.82) is 0 Å². The number of halogens is 3. The maximum absolute atomic E-state index is 12.4. The summed E-state index contributed by atoms with van der Waals surface area (Å²) in [5.41, 5.74) is 2.75. The summed E-state index contributed by atoms with van der Waals surface area (Å²) in [6, 6.07) is 6.94. The van der Waals surface area contributed by atoms with Gasteiger partial charge in [-0.1, -0.05) is 6.07 Å². The van der Waals surface area contributed by atoms with Crippen LogP contribution in [-0.4, -0.2) is 28.9 Å². The van der Waals surface area contributed by atoms with Crippen LogP contribution in [0.2, 0.25) is 0 Å². The van der Waals surface area contributed by atoms with Gasteiger partial charge in [-0.05, 0) is 49.4 Å². The van der Waals surface area contributed by atoms with Crippen molar-refractivity contribution in [2.45, 2.75) is 45.1 Å². The minimum atomic E-state index is -4.67. The lowest BCUT2D eigenvalue weighted by atomic mass is 9.99. The van der Waals surface area contributed by atoms with Crippen LogP contribution in [0.25, 0.3) is 0 Å². The van der Waals surface area contributed by atoms with Gasteiger partial charge < -0.3 is 15.0 Å². The molecule has 5 nitrogen and oxygen atoms in total. The number of fused-ring (bicyclic) bond motifs is 1. The fourth-order valence-electron chi connectivity index (χ4n) is 3.11. The molecule has 0 bridgehead atoms. The van der Waals surface area contributed by atoms with E-state index in [1.807, 2.05) is 13.0 Å². The Labute approximate surface area is 149 Å². The number of hydrogen-bond acceptors (Lipinski definition) is 5. The smallest absolute Gasteiger partial charge is 0.406 e. The first-order valence-corrected chi connectivity index (χ1v) is 8.60. The Kier molecular flexibility index (Phi) is 4.13. The molecule has 1 aromatic carbocycles. The van der Waals surface area contributed by atoms with Gasteiger partial charge in [0.05, 0.1) is 0 Å². The van der Waals surface area contributed by atoms with E-state index in [4.69, 9.17) is 0 Å². The molecule has 0 saturated heterocycles. The summed E-state index contributed by atoms with van der Waals surface area (Å²) in [6.45, 7) is 3.21. The fraction of sp³-hybridized carbons (Fsp3) is 0.444. The van der Waals surface area contributed by atoms with Crippen LogP contribution < -0.4 is 15.0 Å². The Bertz CT molecular complexity index is 821. The molecule has 26 heavy (non-hydrogen) atoms. The summed E-state index contributed by atoms with van der Waals surface area (Å²) in [6.07, 6.45) is -1.74. The molecule has 138 valence electrons. The maximum atomic E-state index is 12.4. The molecule has 4 rings (SSSR count). The SMILES string of the molecule is Cc1cc(N2CCc3cc(OC(F)(F)F)ccc3C2)nc(NC2CC2)n1. The van der Waals surface area contributed by atoms with Crippen molar-refractivity contribution in [3.63, 3.8) is 0 Å². The van der Waals surface area contributed by atoms with Gasteiger partial charge in [-0.2, -0.15) is 4.98 Å². The average molecular weight is 364 g/mol. The largest absolute Gasteiger partial charge is 0.573 e. The zero-order valence-corrected chi connectivity index (χ0v) is 14.3. The van der Waals surface area contributed by atoms with E-state index in [-0.39, 0.29) is 5.75 Å². The molecule has 2 heterocycles. The lowest BCUT2D eigenvalue weighted by Crippen LogP contribution is -2.31. The van der Waals surface area contributed by atoms with E-state index < -0.39 is 6.36 Å². The highest BCUT2D eigenvalue weighted by atomic mass is 19.4. The van der Waals surface area contributed by atoms with Crippen molar-refractivity contribution in [3.8, 4) is 5.75 Å². The molecule has 0 atom stereocenters. The minimum Gasteiger partial charge on any atom is -0.406 e. The van der Waals surface area contributed by atoms with Crippen molar-refractivity contribution >= 4 is 11.8 Å².